The maximum atomic E-state index is 12.5. The summed E-state index contributed by atoms with van der Waals surface area (Å²) in [6, 6.07) is 0. The van der Waals surface area contributed by atoms with Crippen LogP contribution in [0, 0.1) is 13.8 Å². The fourth-order valence-electron chi connectivity index (χ4n) is 2.19. The number of amides is 1. The molecule has 0 fully saturated rings. The molecule has 2 N–H and O–H groups in total. The number of nitrogens with two attached hydrogens (primary N) is 1. The van der Waals surface area contributed by atoms with Gasteiger partial charge in [0.25, 0.3) is 5.91 Å². The summed E-state index contributed by atoms with van der Waals surface area (Å²) in [5, 5.41) is 0.904. The molecule has 0 atom stereocenters. The predicted molar refractivity (Wildman–Crippen MR) is 71.6 cm³/mol. The van der Waals surface area contributed by atoms with Gasteiger partial charge in [-0.05, 0) is 13.8 Å². The van der Waals surface area contributed by atoms with Gasteiger partial charge in [-0.15, -0.1) is 11.3 Å². The van der Waals surface area contributed by atoms with Crippen LogP contribution in [0.25, 0.3) is 0 Å². The molecule has 0 saturated heterocycles. The highest BCUT2D eigenvalue weighted by atomic mass is 32.1. The van der Waals surface area contributed by atoms with Gasteiger partial charge in [0.1, 0.15) is 4.88 Å². The van der Waals surface area contributed by atoms with E-state index in [2.05, 4.69) is 15.0 Å². The van der Waals surface area contributed by atoms with E-state index in [-0.39, 0.29) is 11.9 Å². The quantitative estimate of drug-likeness (QED) is 0.847. The van der Waals surface area contributed by atoms with Crippen molar-refractivity contribution in [2.75, 3.05) is 5.73 Å². The molecule has 19 heavy (non-hydrogen) atoms. The lowest BCUT2D eigenvalue weighted by molar-refractivity contribution is 0.0754. The van der Waals surface area contributed by atoms with E-state index in [1.54, 1.807) is 11.1 Å². The molecule has 6 nitrogen and oxygen atoms in total. The Morgan fingerprint density at radius 1 is 1.37 bits per heavy atom. The third-order valence-electron chi connectivity index (χ3n) is 3.06. The molecule has 0 bridgehead atoms. The minimum absolute atomic E-state index is 0.000304. The number of carbonyl (C=O) groups excluding carboxylic acids is 1. The van der Waals surface area contributed by atoms with Gasteiger partial charge >= 0.3 is 0 Å². The zero-order valence-electron chi connectivity index (χ0n) is 10.7. The molecule has 1 aliphatic heterocycles. The van der Waals surface area contributed by atoms with E-state index in [1.807, 2.05) is 13.8 Å². The van der Waals surface area contributed by atoms with Crippen molar-refractivity contribution in [1.82, 2.24) is 19.9 Å². The average Bonchev–Trinajstić information content (AvgIpc) is 2.91. The number of nitrogen functional groups attached to an aromatic ring is 1. The SMILES string of the molecule is Cc1nc(C)c(C(=O)N2Cc3cnc(N)nc3C2)s1. The number of fused-ring (bicyclic) bond motifs is 1. The van der Waals surface area contributed by atoms with Crippen LogP contribution in [-0.2, 0) is 13.1 Å². The van der Waals surface area contributed by atoms with Crippen LogP contribution < -0.4 is 5.73 Å². The molecule has 98 valence electrons. The first-order chi connectivity index (χ1) is 9.04. The topological polar surface area (TPSA) is 85.0 Å². The molecule has 2 aromatic rings. The maximum absolute atomic E-state index is 12.5. The van der Waals surface area contributed by atoms with Crippen LogP contribution in [-0.4, -0.2) is 25.8 Å². The summed E-state index contributed by atoms with van der Waals surface area (Å²) in [4.78, 5) is 27.3. The Kier molecular flexibility index (Phi) is 2.70. The highest BCUT2D eigenvalue weighted by molar-refractivity contribution is 7.13. The number of anilines is 1. The first kappa shape index (κ1) is 12.0. The van der Waals surface area contributed by atoms with Crippen LogP contribution in [0.5, 0.6) is 0 Å². The van der Waals surface area contributed by atoms with E-state index < -0.39 is 0 Å². The Labute approximate surface area is 114 Å². The minimum atomic E-state index is -0.000304. The van der Waals surface area contributed by atoms with Gasteiger partial charge in [-0.3, -0.25) is 4.79 Å². The van der Waals surface area contributed by atoms with Crippen molar-refractivity contribution >= 4 is 23.2 Å². The third-order valence-corrected chi connectivity index (χ3v) is 4.12. The van der Waals surface area contributed by atoms with Crippen molar-refractivity contribution in [3.05, 3.63) is 33.0 Å². The molecule has 0 unspecified atom stereocenters. The number of aromatic nitrogens is 3. The highest BCUT2D eigenvalue weighted by Gasteiger charge is 2.28. The lowest BCUT2D eigenvalue weighted by Crippen LogP contribution is -2.25. The largest absolute Gasteiger partial charge is 0.368 e. The summed E-state index contributed by atoms with van der Waals surface area (Å²) >= 11 is 1.43. The molecule has 2 aromatic heterocycles. The van der Waals surface area contributed by atoms with E-state index in [0.717, 1.165) is 22.0 Å². The number of carbonyl (C=O) groups is 1. The van der Waals surface area contributed by atoms with Gasteiger partial charge in [0.2, 0.25) is 5.95 Å². The molecule has 7 heteroatoms. The van der Waals surface area contributed by atoms with Crippen molar-refractivity contribution < 1.29 is 4.79 Å². The number of rotatable bonds is 1. The van der Waals surface area contributed by atoms with E-state index in [1.165, 1.54) is 11.3 Å². The second kappa shape index (κ2) is 4.27. The fourth-order valence-corrected chi connectivity index (χ4v) is 3.07. The Bertz CT molecular complexity index is 666. The molecule has 0 spiro atoms. The Hall–Kier alpha value is -2.02. The van der Waals surface area contributed by atoms with E-state index in [9.17, 15) is 4.79 Å². The molecule has 1 amide bonds. The van der Waals surface area contributed by atoms with E-state index in [4.69, 9.17) is 5.73 Å². The summed E-state index contributed by atoms with van der Waals surface area (Å²) in [7, 11) is 0. The normalized spacial score (nSPS) is 13.7. The van der Waals surface area contributed by atoms with Crippen LogP contribution in [0.1, 0.15) is 31.6 Å². The Morgan fingerprint density at radius 2 is 2.16 bits per heavy atom. The lowest BCUT2D eigenvalue weighted by atomic mass is 10.3. The third kappa shape index (κ3) is 2.06. The van der Waals surface area contributed by atoms with Crippen LogP contribution in [0.15, 0.2) is 6.20 Å². The lowest BCUT2D eigenvalue weighted by Gasteiger charge is -2.13. The maximum Gasteiger partial charge on any atom is 0.266 e. The van der Waals surface area contributed by atoms with Gasteiger partial charge in [0.05, 0.1) is 22.9 Å². The molecule has 3 heterocycles. The van der Waals surface area contributed by atoms with Gasteiger partial charge in [0.15, 0.2) is 0 Å². The second-order valence-corrected chi connectivity index (χ2v) is 5.71. The molecule has 3 rings (SSSR count). The van der Waals surface area contributed by atoms with Crippen molar-refractivity contribution in [3.8, 4) is 0 Å². The number of nitrogens with zero attached hydrogens (tertiary/aromatic N) is 4. The highest BCUT2D eigenvalue weighted by Crippen LogP contribution is 2.26. The van der Waals surface area contributed by atoms with Gasteiger partial charge in [-0.1, -0.05) is 0 Å². The monoisotopic (exact) mass is 275 g/mol. The van der Waals surface area contributed by atoms with Crippen molar-refractivity contribution in [1.29, 1.82) is 0 Å². The number of hydrogen-bond acceptors (Lipinski definition) is 6. The molecular formula is C12H13N5OS. The fraction of sp³-hybridized carbons (Fsp3) is 0.333. The average molecular weight is 275 g/mol. The number of aryl methyl sites for hydroxylation is 2. The van der Waals surface area contributed by atoms with Crippen molar-refractivity contribution in [3.63, 3.8) is 0 Å². The summed E-state index contributed by atoms with van der Waals surface area (Å²) in [6.45, 7) is 4.78. The Morgan fingerprint density at radius 3 is 2.84 bits per heavy atom. The van der Waals surface area contributed by atoms with Crippen LogP contribution >= 0.6 is 11.3 Å². The first-order valence-electron chi connectivity index (χ1n) is 5.88. The van der Waals surface area contributed by atoms with E-state index >= 15 is 0 Å². The molecule has 0 aromatic carbocycles. The van der Waals surface area contributed by atoms with Gasteiger partial charge < -0.3 is 10.6 Å². The van der Waals surface area contributed by atoms with Gasteiger partial charge in [0, 0.05) is 18.3 Å². The second-order valence-electron chi connectivity index (χ2n) is 4.51. The molecule has 1 aliphatic rings. The molecule has 0 saturated carbocycles. The Balaban J connectivity index is 1.87. The van der Waals surface area contributed by atoms with Crippen LogP contribution in [0.2, 0.25) is 0 Å². The molecule has 0 aliphatic carbocycles. The predicted octanol–water partition coefficient (Wildman–Crippen LogP) is 1.29. The molecule has 0 radical (unpaired) electrons. The zero-order chi connectivity index (χ0) is 13.6. The summed E-state index contributed by atoms with van der Waals surface area (Å²) in [6.07, 6.45) is 1.69. The zero-order valence-corrected chi connectivity index (χ0v) is 11.5. The number of thiazole rings is 1. The summed E-state index contributed by atoms with van der Waals surface area (Å²) in [5.41, 5.74) is 8.14. The van der Waals surface area contributed by atoms with Crippen LogP contribution in [0.4, 0.5) is 5.95 Å². The van der Waals surface area contributed by atoms with E-state index in [0.29, 0.717) is 18.0 Å². The van der Waals surface area contributed by atoms with Gasteiger partial charge in [-0.25, -0.2) is 15.0 Å². The molecular weight excluding hydrogens is 262 g/mol. The standard InChI is InChI=1S/C12H13N5OS/c1-6-10(19-7(2)15-6)11(18)17-4-8-3-14-12(13)16-9(8)5-17/h3H,4-5H2,1-2H3,(H2,13,14,16). The van der Waals surface area contributed by atoms with Gasteiger partial charge in [-0.2, -0.15) is 0 Å². The van der Waals surface area contributed by atoms with Crippen LogP contribution in [0.3, 0.4) is 0 Å². The minimum Gasteiger partial charge on any atom is -0.368 e. The summed E-state index contributed by atoms with van der Waals surface area (Å²) in [5.74, 6) is 0.248. The van der Waals surface area contributed by atoms with Crippen molar-refractivity contribution in [2.24, 2.45) is 0 Å². The van der Waals surface area contributed by atoms with Crippen molar-refractivity contribution in [2.45, 2.75) is 26.9 Å². The smallest absolute Gasteiger partial charge is 0.266 e. The number of hydrogen-bond donors (Lipinski definition) is 1. The summed E-state index contributed by atoms with van der Waals surface area (Å²) < 4.78 is 0. The first-order valence-corrected chi connectivity index (χ1v) is 6.70.